The summed E-state index contributed by atoms with van der Waals surface area (Å²) >= 11 is 2.16. The van der Waals surface area contributed by atoms with E-state index in [-0.39, 0.29) is 0 Å². The zero-order valence-electron chi connectivity index (χ0n) is 13.1. The van der Waals surface area contributed by atoms with Gasteiger partial charge in [0.15, 0.2) is 0 Å². The Kier molecular flexibility index (Phi) is 3.27. The molecule has 0 spiro atoms. The second-order valence-corrected chi connectivity index (χ2v) is 7.17. The van der Waals surface area contributed by atoms with E-state index in [0.29, 0.717) is 0 Å². The van der Waals surface area contributed by atoms with Crippen LogP contribution in [0.15, 0.2) is 78.9 Å². The minimum atomic E-state index is 1.08. The van der Waals surface area contributed by atoms with Crippen LogP contribution >= 0.6 is 0 Å². The number of rotatable bonds is 1. The summed E-state index contributed by atoms with van der Waals surface area (Å²) < 4.78 is 1.08. The van der Waals surface area contributed by atoms with Crippen molar-refractivity contribution in [3.63, 3.8) is 0 Å². The van der Waals surface area contributed by atoms with E-state index in [4.69, 9.17) is 0 Å². The van der Waals surface area contributed by atoms with Crippen molar-refractivity contribution in [1.29, 1.82) is 0 Å². The van der Waals surface area contributed by atoms with Crippen LogP contribution in [-0.4, -0.2) is 22.3 Å². The van der Waals surface area contributed by atoms with Gasteiger partial charge >= 0.3 is 154 Å². The molecule has 1 heteroatoms. The Bertz CT molecular complexity index is 1230. The molecule has 0 nitrogen and oxygen atoms in total. The first-order valence-corrected chi connectivity index (χ1v) is 9.83. The van der Waals surface area contributed by atoms with Crippen molar-refractivity contribution in [3.05, 3.63) is 84.4 Å². The van der Waals surface area contributed by atoms with Crippen molar-refractivity contribution in [2.75, 3.05) is 0 Å². The fourth-order valence-corrected chi connectivity index (χ4v) is 4.43. The van der Waals surface area contributed by atoms with Crippen LogP contribution < -0.4 is 0 Å². The van der Waals surface area contributed by atoms with Crippen LogP contribution in [0.25, 0.3) is 43.1 Å². The molecule has 5 rings (SSSR count). The van der Waals surface area contributed by atoms with Crippen molar-refractivity contribution in [3.8, 4) is 0 Å². The van der Waals surface area contributed by atoms with Crippen molar-refractivity contribution in [1.82, 2.24) is 0 Å². The minimum absolute atomic E-state index is 1.08. The van der Waals surface area contributed by atoms with E-state index in [2.05, 4.69) is 101 Å². The average Bonchev–Trinajstić information content (AvgIpc) is 2.64. The molecule has 24 heavy (non-hydrogen) atoms. The molecule has 0 atom stereocenters. The standard InChI is InChI=1S/C23H15Te/c24-14-20-7-3-6-17-11-19-9-8-18-10-15-4-1-2-5-16(15)12-22(18)23(19)13-21(17)20/h1-13H,14H2. The Morgan fingerprint density at radius 1 is 0.500 bits per heavy atom. The zero-order valence-corrected chi connectivity index (χ0v) is 15.5. The fraction of sp³-hybridized carbons (Fsp3) is 0.0435. The second kappa shape index (κ2) is 5.49. The molecule has 0 aromatic heterocycles. The van der Waals surface area contributed by atoms with Crippen molar-refractivity contribution in [2.45, 2.75) is 4.47 Å². The van der Waals surface area contributed by atoms with Crippen LogP contribution in [0.1, 0.15) is 5.56 Å². The summed E-state index contributed by atoms with van der Waals surface area (Å²) in [6.45, 7) is 0. The Labute approximate surface area is 154 Å². The summed E-state index contributed by atoms with van der Waals surface area (Å²) in [5.74, 6) is 0. The van der Waals surface area contributed by atoms with E-state index in [1.807, 2.05) is 0 Å². The van der Waals surface area contributed by atoms with E-state index < -0.39 is 0 Å². The van der Waals surface area contributed by atoms with E-state index in [9.17, 15) is 0 Å². The molecule has 0 heterocycles. The Morgan fingerprint density at radius 3 is 1.83 bits per heavy atom. The SMILES string of the molecule is [Te]Cc1cccc2cc3ccc4cc5ccccc5cc4c3cc12. The van der Waals surface area contributed by atoms with Gasteiger partial charge in [0.2, 0.25) is 0 Å². The first kappa shape index (κ1) is 14.3. The first-order valence-electron chi connectivity index (χ1n) is 8.18. The molecule has 0 N–H and O–H groups in total. The molecule has 113 valence electrons. The topological polar surface area (TPSA) is 0 Å². The third kappa shape index (κ3) is 2.13. The molecule has 0 amide bonds. The van der Waals surface area contributed by atoms with Crippen LogP contribution in [0.2, 0.25) is 0 Å². The molecule has 0 aliphatic carbocycles. The Hall–Kier alpha value is -2.07. The van der Waals surface area contributed by atoms with E-state index in [1.165, 1.54) is 48.7 Å². The molecule has 0 aliphatic heterocycles. The number of fused-ring (bicyclic) bond motifs is 5. The molecule has 1 radical (unpaired) electrons. The van der Waals surface area contributed by atoms with Crippen LogP contribution in [0.5, 0.6) is 0 Å². The van der Waals surface area contributed by atoms with Gasteiger partial charge in [-0.05, 0) is 0 Å². The third-order valence-electron chi connectivity index (χ3n) is 4.95. The van der Waals surface area contributed by atoms with Crippen molar-refractivity contribution < 1.29 is 0 Å². The summed E-state index contributed by atoms with van der Waals surface area (Å²) in [7, 11) is 0. The molecule has 5 aromatic rings. The van der Waals surface area contributed by atoms with Gasteiger partial charge in [-0.1, -0.05) is 0 Å². The molecular formula is C23H15Te. The Morgan fingerprint density at radius 2 is 1.08 bits per heavy atom. The normalized spacial score (nSPS) is 11.7. The molecule has 0 bridgehead atoms. The van der Waals surface area contributed by atoms with Gasteiger partial charge in [-0.2, -0.15) is 0 Å². The maximum atomic E-state index is 2.39. The van der Waals surface area contributed by atoms with Gasteiger partial charge in [0.25, 0.3) is 0 Å². The van der Waals surface area contributed by atoms with E-state index >= 15 is 0 Å². The number of hydrogen-bond donors (Lipinski definition) is 0. The molecule has 0 aliphatic rings. The predicted molar refractivity (Wildman–Crippen MR) is 106 cm³/mol. The summed E-state index contributed by atoms with van der Waals surface area (Å²) in [5, 5.41) is 10.7. The van der Waals surface area contributed by atoms with Gasteiger partial charge in [0.1, 0.15) is 0 Å². The third-order valence-corrected chi connectivity index (χ3v) is 5.83. The first-order chi connectivity index (χ1) is 11.8. The maximum absolute atomic E-state index is 2.39. The van der Waals surface area contributed by atoms with Crippen LogP contribution in [0, 0.1) is 0 Å². The summed E-state index contributed by atoms with van der Waals surface area (Å²) in [6.07, 6.45) is 0. The zero-order chi connectivity index (χ0) is 16.1. The molecule has 0 fully saturated rings. The molecule has 5 aromatic carbocycles. The molecule has 0 saturated carbocycles. The van der Waals surface area contributed by atoms with Gasteiger partial charge in [-0.25, -0.2) is 0 Å². The van der Waals surface area contributed by atoms with E-state index in [0.717, 1.165) is 4.47 Å². The number of benzene rings is 5. The quantitative estimate of drug-likeness (QED) is 0.179. The van der Waals surface area contributed by atoms with E-state index in [1.54, 1.807) is 0 Å². The van der Waals surface area contributed by atoms with Crippen molar-refractivity contribution in [2.24, 2.45) is 0 Å². The summed E-state index contributed by atoms with van der Waals surface area (Å²) in [6, 6.07) is 29.1. The number of hydrogen-bond acceptors (Lipinski definition) is 0. The van der Waals surface area contributed by atoms with Crippen LogP contribution in [0.4, 0.5) is 0 Å². The van der Waals surface area contributed by atoms with Gasteiger partial charge in [-0.3, -0.25) is 0 Å². The molecule has 0 saturated heterocycles. The summed E-state index contributed by atoms with van der Waals surface area (Å²) in [5.41, 5.74) is 1.43. The van der Waals surface area contributed by atoms with Gasteiger partial charge in [0.05, 0.1) is 0 Å². The Balaban J connectivity index is 1.97. The van der Waals surface area contributed by atoms with Crippen molar-refractivity contribution >= 4 is 65.4 Å². The summed E-state index contributed by atoms with van der Waals surface area (Å²) in [4.78, 5) is 0. The average molecular weight is 419 g/mol. The monoisotopic (exact) mass is 421 g/mol. The van der Waals surface area contributed by atoms with Gasteiger partial charge < -0.3 is 0 Å². The molecular weight excluding hydrogens is 404 g/mol. The van der Waals surface area contributed by atoms with Crippen LogP contribution in [0.3, 0.4) is 0 Å². The molecule has 0 unspecified atom stereocenters. The van der Waals surface area contributed by atoms with Gasteiger partial charge in [0, 0.05) is 0 Å². The van der Waals surface area contributed by atoms with Crippen LogP contribution in [-0.2, 0) is 4.47 Å². The fourth-order valence-electron chi connectivity index (χ4n) is 3.71. The predicted octanol–water partition coefficient (Wildman–Crippen LogP) is 5.97. The van der Waals surface area contributed by atoms with Gasteiger partial charge in [-0.15, -0.1) is 0 Å². The second-order valence-electron chi connectivity index (χ2n) is 6.34.